The van der Waals surface area contributed by atoms with Gasteiger partial charge in [-0.1, -0.05) is 24.3 Å². The molecule has 2 heterocycles. The third-order valence-electron chi connectivity index (χ3n) is 3.92. The molecule has 2 aromatic rings. The lowest BCUT2D eigenvalue weighted by Crippen LogP contribution is -2.39. The van der Waals surface area contributed by atoms with Gasteiger partial charge in [-0.25, -0.2) is 0 Å². The maximum atomic E-state index is 12.6. The highest BCUT2D eigenvalue weighted by Crippen LogP contribution is 2.30. The average Bonchev–Trinajstić information content (AvgIpc) is 2.94. The SMILES string of the molecule is COCCNC1=NCC(NC(=O)c2sc3ccccc3c2C)C=C1. The molecule has 0 saturated carbocycles. The molecule has 1 amide bonds. The van der Waals surface area contributed by atoms with Crippen LogP contribution in [0.3, 0.4) is 0 Å². The third-order valence-corrected chi connectivity index (χ3v) is 5.20. The van der Waals surface area contributed by atoms with E-state index in [-0.39, 0.29) is 11.9 Å². The molecule has 6 heteroatoms. The highest BCUT2D eigenvalue weighted by molar-refractivity contribution is 7.21. The Morgan fingerprint density at radius 3 is 2.96 bits per heavy atom. The highest BCUT2D eigenvalue weighted by Gasteiger charge is 2.18. The number of ether oxygens (including phenoxy) is 1. The Morgan fingerprint density at radius 2 is 2.25 bits per heavy atom. The van der Waals surface area contributed by atoms with Crippen molar-refractivity contribution in [2.45, 2.75) is 13.0 Å². The second-order valence-electron chi connectivity index (χ2n) is 5.64. The van der Waals surface area contributed by atoms with E-state index >= 15 is 0 Å². The molecule has 126 valence electrons. The first kappa shape index (κ1) is 16.7. The Bertz CT molecular complexity index is 795. The van der Waals surface area contributed by atoms with Gasteiger partial charge in [0.1, 0.15) is 5.84 Å². The monoisotopic (exact) mass is 343 g/mol. The summed E-state index contributed by atoms with van der Waals surface area (Å²) < 4.78 is 6.14. The van der Waals surface area contributed by atoms with E-state index in [1.165, 1.54) is 11.3 Å². The second-order valence-corrected chi connectivity index (χ2v) is 6.69. The molecule has 1 atom stereocenters. The fraction of sp³-hybridized carbons (Fsp3) is 0.333. The molecule has 1 aromatic heterocycles. The van der Waals surface area contributed by atoms with Gasteiger partial charge in [-0.05, 0) is 30.0 Å². The summed E-state index contributed by atoms with van der Waals surface area (Å²) in [5.74, 6) is 0.796. The largest absolute Gasteiger partial charge is 0.383 e. The van der Waals surface area contributed by atoms with Crippen LogP contribution in [0.25, 0.3) is 10.1 Å². The molecule has 0 spiro atoms. The van der Waals surface area contributed by atoms with E-state index in [9.17, 15) is 4.79 Å². The average molecular weight is 343 g/mol. The van der Waals surface area contributed by atoms with Crippen LogP contribution in [0, 0.1) is 6.92 Å². The van der Waals surface area contributed by atoms with Crippen LogP contribution in [0.1, 0.15) is 15.2 Å². The summed E-state index contributed by atoms with van der Waals surface area (Å²) in [5.41, 5.74) is 1.04. The van der Waals surface area contributed by atoms with Crippen LogP contribution in [-0.2, 0) is 4.74 Å². The molecular weight excluding hydrogens is 322 g/mol. The molecule has 0 saturated heterocycles. The lowest BCUT2D eigenvalue weighted by molar-refractivity contribution is 0.0949. The molecule has 0 bridgehead atoms. The van der Waals surface area contributed by atoms with Crippen LogP contribution in [0.15, 0.2) is 41.4 Å². The van der Waals surface area contributed by atoms with Gasteiger partial charge >= 0.3 is 0 Å². The predicted octanol–water partition coefficient (Wildman–Crippen LogP) is 2.51. The summed E-state index contributed by atoms with van der Waals surface area (Å²) in [6.45, 7) is 3.90. The first-order valence-electron chi connectivity index (χ1n) is 7.93. The van der Waals surface area contributed by atoms with Crippen LogP contribution < -0.4 is 10.6 Å². The summed E-state index contributed by atoms with van der Waals surface area (Å²) >= 11 is 1.54. The van der Waals surface area contributed by atoms with Crippen molar-refractivity contribution < 1.29 is 9.53 Å². The first-order chi connectivity index (χ1) is 11.7. The zero-order valence-electron chi connectivity index (χ0n) is 13.8. The molecule has 1 aromatic carbocycles. The van der Waals surface area contributed by atoms with Gasteiger partial charge in [0.25, 0.3) is 5.91 Å². The van der Waals surface area contributed by atoms with Crippen molar-refractivity contribution in [2.75, 3.05) is 26.8 Å². The van der Waals surface area contributed by atoms with Crippen molar-refractivity contribution in [3.05, 3.63) is 46.9 Å². The second kappa shape index (κ2) is 7.59. The van der Waals surface area contributed by atoms with Crippen LogP contribution in [0.2, 0.25) is 0 Å². The molecule has 0 aliphatic carbocycles. The lowest BCUT2D eigenvalue weighted by atomic mass is 10.1. The van der Waals surface area contributed by atoms with Gasteiger partial charge in [0.15, 0.2) is 0 Å². The number of carbonyl (C=O) groups excluding carboxylic acids is 1. The molecule has 2 N–H and O–H groups in total. The summed E-state index contributed by atoms with van der Waals surface area (Å²) in [4.78, 5) is 17.8. The van der Waals surface area contributed by atoms with Crippen LogP contribution in [0.5, 0.6) is 0 Å². The summed E-state index contributed by atoms with van der Waals surface area (Å²) in [6, 6.07) is 8.03. The molecular formula is C18H21N3O2S. The number of nitrogens with zero attached hydrogens (tertiary/aromatic N) is 1. The molecule has 1 aliphatic rings. The fourth-order valence-corrected chi connectivity index (χ4v) is 3.74. The van der Waals surface area contributed by atoms with Crippen LogP contribution >= 0.6 is 11.3 Å². The number of fused-ring (bicyclic) bond motifs is 1. The van der Waals surface area contributed by atoms with Gasteiger partial charge in [0, 0.05) is 18.4 Å². The van der Waals surface area contributed by atoms with E-state index in [2.05, 4.69) is 21.7 Å². The number of benzene rings is 1. The molecule has 24 heavy (non-hydrogen) atoms. The molecule has 3 rings (SSSR count). The van der Waals surface area contributed by atoms with Gasteiger partial charge in [-0.3, -0.25) is 9.79 Å². The fourth-order valence-electron chi connectivity index (χ4n) is 2.63. The Hall–Kier alpha value is -2.18. The number of aryl methyl sites for hydroxylation is 1. The highest BCUT2D eigenvalue weighted by atomic mass is 32.1. The normalized spacial score (nSPS) is 16.9. The lowest BCUT2D eigenvalue weighted by Gasteiger charge is -2.17. The summed E-state index contributed by atoms with van der Waals surface area (Å²) in [7, 11) is 1.67. The summed E-state index contributed by atoms with van der Waals surface area (Å²) in [6.07, 6.45) is 3.88. The van der Waals surface area contributed by atoms with Crippen molar-refractivity contribution >= 4 is 33.2 Å². The molecule has 5 nitrogen and oxygen atoms in total. The number of thiophene rings is 1. The maximum Gasteiger partial charge on any atom is 0.262 e. The Morgan fingerprint density at radius 1 is 1.42 bits per heavy atom. The zero-order valence-corrected chi connectivity index (χ0v) is 14.7. The standard InChI is InChI=1S/C18H21N3O2S/c1-12-14-5-3-4-6-15(14)24-17(12)18(22)21-13-7-8-16(20-11-13)19-9-10-23-2/h3-8,13H,9-11H2,1-2H3,(H,19,20)(H,21,22). The number of carbonyl (C=O) groups is 1. The Balaban J connectivity index is 1.61. The van der Waals surface area contributed by atoms with Gasteiger partial charge in [0.05, 0.1) is 24.1 Å². The molecule has 1 aliphatic heterocycles. The number of amides is 1. The van der Waals surface area contributed by atoms with Crippen molar-refractivity contribution in [3.8, 4) is 0 Å². The number of hydrogen-bond acceptors (Lipinski definition) is 5. The number of nitrogens with one attached hydrogen (secondary N) is 2. The van der Waals surface area contributed by atoms with E-state index in [0.29, 0.717) is 13.2 Å². The van der Waals surface area contributed by atoms with E-state index in [1.54, 1.807) is 7.11 Å². The molecule has 0 radical (unpaired) electrons. The number of aliphatic imine (C=N–C) groups is 1. The van der Waals surface area contributed by atoms with Crippen LogP contribution in [0.4, 0.5) is 0 Å². The van der Waals surface area contributed by atoms with Gasteiger partial charge in [-0.2, -0.15) is 0 Å². The molecule has 1 unspecified atom stereocenters. The third kappa shape index (κ3) is 3.66. The number of methoxy groups -OCH3 is 1. The van der Waals surface area contributed by atoms with E-state index in [4.69, 9.17) is 4.74 Å². The Kier molecular flexibility index (Phi) is 5.27. The van der Waals surface area contributed by atoms with E-state index in [1.807, 2.05) is 37.3 Å². The molecule has 0 fully saturated rings. The van der Waals surface area contributed by atoms with Crippen molar-refractivity contribution in [1.29, 1.82) is 0 Å². The number of hydrogen-bond donors (Lipinski definition) is 2. The number of rotatable bonds is 5. The minimum absolute atomic E-state index is 0.0330. The minimum atomic E-state index is -0.0740. The van der Waals surface area contributed by atoms with Crippen molar-refractivity contribution in [2.24, 2.45) is 4.99 Å². The number of dihydropyridines is 1. The van der Waals surface area contributed by atoms with Crippen LogP contribution in [-0.4, -0.2) is 44.6 Å². The number of amidine groups is 1. The first-order valence-corrected chi connectivity index (χ1v) is 8.75. The van der Waals surface area contributed by atoms with Gasteiger partial charge < -0.3 is 15.4 Å². The minimum Gasteiger partial charge on any atom is -0.383 e. The van der Waals surface area contributed by atoms with Crippen molar-refractivity contribution in [3.63, 3.8) is 0 Å². The van der Waals surface area contributed by atoms with Gasteiger partial charge in [-0.15, -0.1) is 11.3 Å². The van der Waals surface area contributed by atoms with Crippen molar-refractivity contribution in [1.82, 2.24) is 10.6 Å². The maximum absolute atomic E-state index is 12.6. The summed E-state index contributed by atoms with van der Waals surface area (Å²) in [5, 5.41) is 7.38. The quantitative estimate of drug-likeness (QED) is 0.820. The Labute approximate surface area is 145 Å². The van der Waals surface area contributed by atoms with E-state index < -0.39 is 0 Å². The predicted molar refractivity (Wildman–Crippen MR) is 99.1 cm³/mol. The van der Waals surface area contributed by atoms with E-state index in [0.717, 1.165) is 32.9 Å². The topological polar surface area (TPSA) is 62.7 Å². The zero-order chi connectivity index (χ0) is 16.9. The smallest absolute Gasteiger partial charge is 0.262 e. The van der Waals surface area contributed by atoms with Gasteiger partial charge in [0.2, 0.25) is 0 Å².